The van der Waals surface area contributed by atoms with E-state index in [1.54, 1.807) is 0 Å². The zero-order chi connectivity index (χ0) is 8.10. The fraction of sp³-hybridized carbons (Fsp3) is 0.800. The fourth-order valence-corrected chi connectivity index (χ4v) is 1.74. The molecule has 2 atom stereocenters. The van der Waals surface area contributed by atoms with Gasteiger partial charge in [-0.15, -0.1) is 11.8 Å². The summed E-state index contributed by atoms with van der Waals surface area (Å²) in [5.41, 5.74) is 0. The fourth-order valence-electron chi connectivity index (χ4n) is 1.74. The Labute approximate surface area is 68.8 Å². The lowest BCUT2D eigenvalue weighted by Gasteiger charge is -2.11. The average molecular weight is 152 g/mol. The predicted molar refractivity (Wildman–Crippen MR) is 46.0 cm³/mol. The zero-order valence-corrected chi connectivity index (χ0v) is 7.14. The van der Waals surface area contributed by atoms with E-state index >= 15 is 0 Å². The van der Waals surface area contributed by atoms with Crippen LogP contribution in [0.5, 0.6) is 0 Å². The van der Waals surface area contributed by atoms with Crippen molar-refractivity contribution in [2.24, 2.45) is 5.92 Å². The van der Waals surface area contributed by atoms with Gasteiger partial charge in [0.2, 0.25) is 0 Å². The van der Waals surface area contributed by atoms with E-state index in [-0.39, 0.29) is 6.10 Å². The van der Waals surface area contributed by atoms with Crippen LogP contribution in [0.3, 0.4) is 0 Å². The second-order valence-corrected chi connectivity index (χ2v) is 3.22. The highest BCUT2D eigenvalue weighted by Gasteiger charge is 2.23. The summed E-state index contributed by atoms with van der Waals surface area (Å²) < 4.78 is 0. The quantitative estimate of drug-likeness (QED) is 0.600. The van der Waals surface area contributed by atoms with Crippen LogP contribution in [-0.4, -0.2) is 11.2 Å². The first kappa shape index (κ1) is 8.62. The predicted octanol–water partition coefficient (Wildman–Crippen LogP) is 1.95. The van der Waals surface area contributed by atoms with E-state index in [2.05, 4.69) is 11.8 Å². The van der Waals surface area contributed by atoms with Crippen molar-refractivity contribution in [2.45, 2.75) is 45.1 Å². The Balaban J connectivity index is 2.18. The smallest absolute Gasteiger partial charge is 0.0568 e. The molecule has 0 amide bonds. The van der Waals surface area contributed by atoms with Crippen LogP contribution < -0.4 is 0 Å². The molecule has 11 heavy (non-hydrogen) atoms. The van der Waals surface area contributed by atoms with Crippen LogP contribution >= 0.6 is 0 Å². The van der Waals surface area contributed by atoms with Gasteiger partial charge >= 0.3 is 0 Å². The van der Waals surface area contributed by atoms with Crippen molar-refractivity contribution >= 4 is 0 Å². The van der Waals surface area contributed by atoms with Crippen molar-refractivity contribution in [3.05, 3.63) is 0 Å². The van der Waals surface area contributed by atoms with Gasteiger partial charge in [-0.25, -0.2) is 0 Å². The molecule has 62 valence electrons. The van der Waals surface area contributed by atoms with Gasteiger partial charge in [0.25, 0.3) is 0 Å². The Hall–Kier alpha value is -0.480. The molecular weight excluding hydrogens is 136 g/mol. The van der Waals surface area contributed by atoms with Crippen molar-refractivity contribution in [1.29, 1.82) is 0 Å². The standard InChI is InChI=1S/C10H16O/c1-2-3-4-6-9-7-5-8-10(9)11/h9-11H,4-8H2,1H3/t9-,10-/m1/s1. The molecule has 0 aliphatic heterocycles. The van der Waals surface area contributed by atoms with Crippen LogP contribution in [0, 0.1) is 17.8 Å². The average Bonchev–Trinajstić information content (AvgIpc) is 2.37. The third-order valence-corrected chi connectivity index (χ3v) is 2.44. The summed E-state index contributed by atoms with van der Waals surface area (Å²) in [6.07, 6.45) is 5.41. The van der Waals surface area contributed by atoms with Crippen LogP contribution in [0.2, 0.25) is 0 Å². The Morgan fingerprint density at radius 3 is 2.82 bits per heavy atom. The maximum absolute atomic E-state index is 9.44. The highest BCUT2D eigenvalue weighted by Crippen LogP contribution is 2.28. The third kappa shape index (κ3) is 2.55. The number of hydrogen-bond acceptors (Lipinski definition) is 1. The molecule has 0 aromatic carbocycles. The van der Waals surface area contributed by atoms with Gasteiger partial charge in [-0.3, -0.25) is 0 Å². The molecule has 0 aromatic rings. The largest absolute Gasteiger partial charge is 0.393 e. The molecule has 0 spiro atoms. The Morgan fingerprint density at radius 1 is 1.45 bits per heavy atom. The molecule has 1 N–H and O–H groups in total. The summed E-state index contributed by atoms with van der Waals surface area (Å²) in [6, 6.07) is 0. The van der Waals surface area contributed by atoms with Gasteiger partial charge in [0, 0.05) is 6.42 Å². The van der Waals surface area contributed by atoms with E-state index in [0.29, 0.717) is 5.92 Å². The van der Waals surface area contributed by atoms with Gasteiger partial charge in [0.05, 0.1) is 6.10 Å². The molecule has 1 aliphatic carbocycles. The number of aliphatic hydroxyl groups excluding tert-OH is 1. The lowest BCUT2D eigenvalue weighted by Crippen LogP contribution is -2.12. The first-order valence-electron chi connectivity index (χ1n) is 4.42. The van der Waals surface area contributed by atoms with Crippen LogP contribution in [0.1, 0.15) is 39.0 Å². The summed E-state index contributed by atoms with van der Waals surface area (Å²) >= 11 is 0. The van der Waals surface area contributed by atoms with E-state index in [1.807, 2.05) is 6.92 Å². The van der Waals surface area contributed by atoms with E-state index in [1.165, 1.54) is 12.8 Å². The minimum Gasteiger partial charge on any atom is -0.393 e. The van der Waals surface area contributed by atoms with Crippen molar-refractivity contribution in [3.8, 4) is 11.8 Å². The third-order valence-electron chi connectivity index (χ3n) is 2.44. The molecule has 0 radical (unpaired) electrons. The zero-order valence-electron chi connectivity index (χ0n) is 7.14. The summed E-state index contributed by atoms with van der Waals surface area (Å²) in [5.74, 6) is 6.45. The highest BCUT2D eigenvalue weighted by atomic mass is 16.3. The maximum atomic E-state index is 9.44. The van der Waals surface area contributed by atoms with Crippen molar-refractivity contribution in [3.63, 3.8) is 0 Å². The lowest BCUT2D eigenvalue weighted by molar-refractivity contribution is 0.129. The molecule has 1 rings (SSSR count). The van der Waals surface area contributed by atoms with E-state index < -0.39 is 0 Å². The molecule has 0 aromatic heterocycles. The van der Waals surface area contributed by atoms with Crippen LogP contribution in [0.25, 0.3) is 0 Å². The highest BCUT2D eigenvalue weighted by molar-refractivity contribution is 4.95. The van der Waals surface area contributed by atoms with E-state index in [9.17, 15) is 5.11 Å². The SMILES string of the molecule is CC#CCC[C@@H]1CCC[C@H]1O. The Kier molecular flexibility index (Phi) is 3.45. The minimum atomic E-state index is -0.0337. The molecule has 1 aliphatic rings. The normalized spacial score (nSPS) is 29.6. The summed E-state index contributed by atoms with van der Waals surface area (Å²) in [4.78, 5) is 0. The van der Waals surface area contributed by atoms with Crippen LogP contribution in [0.4, 0.5) is 0 Å². The summed E-state index contributed by atoms with van der Waals surface area (Å²) in [7, 11) is 0. The van der Waals surface area contributed by atoms with E-state index in [4.69, 9.17) is 0 Å². The van der Waals surface area contributed by atoms with Crippen molar-refractivity contribution in [1.82, 2.24) is 0 Å². The second-order valence-electron chi connectivity index (χ2n) is 3.22. The number of hydrogen-bond donors (Lipinski definition) is 1. The molecular formula is C10H16O. The second kappa shape index (κ2) is 4.41. The monoisotopic (exact) mass is 152 g/mol. The molecule has 1 saturated carbocycles. The number of aliphatic hydroxyl groups is 1. The van der Waals surface area contributed by atoms with Crippen LogP contribution in [-0.2, 0) is 0 Å². The van der Waals surface area contributed by atoms with Gasteiger partial charge < -0.3 is 5.11 Å². The van der Waals surface area contributed by atoms with Gasteiger partial charge in [0.15, 0.2) is 0 Å². The molecule has 0 unspecified atom stereocenters. The van der Waals surface area contributed by atoms with Gasteiger partial charge in [-0.2, -0.15) is 0 Å². The van der Waals surface area contributed by atoms with Gasteiger partial charge in [0.1, 0.15) is 0 Å². The maximum Gasteiger partial charge on any atom is 0.0568 e. The molecule has 0 saturated heterocycles. The van der Waals surface area contributed by atoms with Crippen LogP contribution in [0.15, 0.2) is 0 Å². The molecule has 0 bridgehead atoms. The summed E-state index contributed by atoms with van der Waals surface area (Å²) in [5, 5.41) is 9.44. The minimum absolute atomic E-state index is 0.0337. The first-order valence-corrected chi connectivity index (χ1v) is 4.42. The molecule has 1 fully saturated rings. The Bertz CT molecular complexity index is 163. The molecule has 0 heterocycles. The first-order chi connectivity index (χ1) is 5.34. The molecule has 1 heteroatoms. The lowest BCUT2D eigenvalue weighted by atomic mass is 10.00. The van der Waals surface area contributed by atoms with Gasteiger partial charge in [-0.1, -0.05) is 6.42 Å². The topological polar surface area (TPSA) is 20.2 Å². The molecule has 1 nitrogen and oxygen atoms in total. The van der Waals surface area contributed by atoms with Crippen molar-refractivity contribution in [2.75, 3.05) is 0 Å². The van der Waals surface area contributed by atoms with E-state index in [0.717, 1.165) is 19.3 Å². The Morgan fingerprint density at radius 2 is 2.27 bits per heavy atom. The number of rotatable bonds is 2. The van der Waals surface area contributed by atoms with Gasteiger partial charge in [-0.05, 0) is 32.1 Å². The summed E-state index contributed by atoms with van der Waals surface area (Å²) in [6.45, 7) is 1.87. The van der Waals surface area contributed by atoms with Crippen molar-refractivity contribution < 1.29 is 5.11 Å².